The number of carboxylic acid groups (broad SMARTS) is 1. The molecule has 144 valence electrons. The van der Waals surface area contributed by atoms with Gasteiger partial charge in [-0.15, -0.1) is 0 Å². The van der Waals surface area contributed by atoms with E-state index >= 15 is 0 Å². The van der Waals surface area contributed by atoms with Gasteiger partial charge >= 0.3 is 5.97 Å². The van der Waals surface area contributed by atoms with Crippen molar-refractivity contribution in [2.75, 3.05) is 39.4 Å². The zero-order valence-electron chi connectivity index (χ0n) is 15.6. The minimum atomic E-state index is -0.702. The predicted octanol–water partition coefficient (Wildman–Crippen LogP) is 1.43. The molecule has 0 spiro atoms. The number of carbonyl (C=O) groups is 1. The molecule has 1 N–H and O–H groups in total. The first-order valence-electron chi connectivity index (χ1n) is 9.71. The second-order valence-electron chi connectivity index (χ2n) is 7.29. The van der Waals surface area contributed by atoms with Gasteiger partial charge in [-0.1, -0.05) is 6.92 Å². The van der Waals surface area contributed by atoms with E-state index in [0.717, 1.165) is 76.6 Å². The smallest absolute Gasteiger partial charge is 0.303 e. The molecule has 2 atom stereocenters. The van der Waals surface area contributed by atoms with Crippen LogP contribution in [0.1, 0.15) is 37.6 Å². The van der Waals surface area contributed by atoms with E-state index < -0.39 is 5.97 Å². The van der Waals surface area contributed by atoms with Crippen LogP contribution in [0.25, 0.3) is 0 Å². The molecule has 3 rings (SSSR count). The van der Waals surface area contributed by atoms with Gasteiger partial charge in [0.05, 0.1) is 13.2 Å². The Labute approximate surface area is 155 Å². The van der Waals surface area contributed by atoms with Crippen LogP contribution in [0.5, 0.6) is 0 Å². The number of aromatic nitrogens is 2. The molecule has 0 amide bonds. The number of likely N-dealkylation sites (tertiary alicyclic amines) is 1. The fraction of sp³-hybridized carbons (Fsp3) is 0.737. The molecule has 7 heteroatoms. The van der Waals surface area contributed by atoms with Crippen molar-refractivity contribution < 1.29 is 14.6 Å². The summed E-state index contributed by atoms with van der Waals surface area (Å²) < 4.78 is 5.48. The highest BCUT2D eigenvalue weighted by atomic mass is 16.5. The second-order valence-corrected chi connectivity index (χ2v) is 7.29. The van der Waals surface area contributed by atoms with Crippen molar-refractivity contribution in [3.63, 3.8) is 0 Å². The molecule has 0 saturated carbocycles. The predicted molar refractivity (Wildman–Crippen MR) is 97.8 cm³/mol. The van der Waals surface area contributed by atoms with Crippen LogP contribution in [-0.2, 0) is 22.5 Å². The van der Waals surface area contributed by atoms with Crippen molar-refractivity contribution >= 4 is 5.97 Å². The van der Waals surface area contributed by atoms with Crippen molar-refractivity contribution in [2.45, 2.75) is 45.2 Å². The van der Waals surface area contributed by atoms with E-state index in [4.69, 9.17) is 9.84 Å². The normalized spacial score (nSPS) is 25.3. The molecule has 2 aliphatic heterocycles. The molecule has 2 unspecified atom stereocenters. The van der Waals surface area contributed by atoms with Crippen molar-refractivity contribution in [2.24, 2.45) is 5.92 Å². The second kappa shape index (κ2) is 9.39. The molecule has 0 aliphatic carbocycles. The van der Waals surface area contributed by atoms with E-state index in [1.165, 1.54) is 0 Å². The van der Waals surface area contributed by atoms with E-state index in [1.807, 2.05) is 12.4 Å². The highest BCUT2D eigenvalue weighted by Crippen LogP contribution is 2.27. The van der Waals surface area contributed by atoms with Gasteiger partial charge in [0, 0.05) is 63.0 Å². The average Bonchev–Trinajstić information content (AvgIpc) is 2.68. The number of carboxylic acids is 1. The average molecular weight is 362 g/mol. The third kappa shape index (κ3) is 5.22. The lowest BCUT2D eigenvalue weighted by atomic mass is 9.86. The highest BCUT2D eigenvalue weighted by molar-refractivity contribution is 5.66. The molecule has 0 aromatic carbocycles. The van der Waals surface area contributed by atoms with Gasteiger partial charge < -0.3 is 9.84 Å². The topological polar surface area (TPSA) is 78.8 Å². The van der Waals surface area contributed by atoms with Crippen LogP contribution in [0.3, 0.4) is 0 Å². The Balaban J connectivity index is 1.61. The Kier molecular flexibility index (Phi) is 6.93. The maximum absolute atomic E-state index is 11.1. The minimum absolute atomic E-state index is 0.244. The molecular weight excluding hydrogens is 332 g/mol. The first-order valence-corrected chi connectivity index (χ1v) is 9.71. The Morgan fingerprint density at radius 2 is 2.00 bits per heavy atom. The number of aliphatic carboxylic acids is 1. The van der Waals surface area contributed by atoms with E-state index in [-0.39, 0.29) is 6.42 Å². The van der Waals surface area contributed by atoms with Crippen molar-refractivity contribution in [1.29, 1.82) is 0 Å². The summed E-state index contributed by atoms with van der Waals surface area (Å²) in [7, 11) is 0. The van der Waals surface area contributed by atoms with Gasteiger partial charge in [0.25, 0.3) is 0 Å². The van der Waals surface area contributed by atoms with Crippen LogP contribution in [-0.4, -0.2) is 76.3 Å². The van der Waals surface area contributed by atoms with Gasteiger partial charge in [-0.3, -0.25) is 14.6 Å². The summed E-state index contributed by atoms with van der Waals surface area (Å²) in [5, 5.41) is 9.13. The molecule has 0 bridgehead atoms. The lowest BCUT2D eigenvalue weighted by Crippen LogP contribution is -2.53. The summed E-state index contributed by atoms with van der Waals surface area (Å²) in [5.74, 6) is 0.555. The Hall–Kier alpha value is -1.57. The van der Waals surface area contributed by atoms with Gasteiger partial charge in [0.1, 0.15) is 5.82 Å². The number of nitrogens with zero attached hydrogens (tertiary/aromatic N) is 4. The van der Waals surface area contributed by atoms with Crippen LogP contribution in [0.4, 0.5) is 0 Å². The van der Waals surface area contributed by atoms with Crippen LogP contribution < -0.4 is 0 Å². The van der Waals surface area contributed by atoms with Crippen LogP contribution in [0.15, 0.2) is 12.4 Å². The lowest BCUT2D eigenvalue weighted by molar-refractivity contribution is -0.137. The fourth-order valence-electron chi connectivity index (χ4n) is 4.13. The number of morpholine rings is 1. The van der Waals surface area contributed by atoms with Crippen molar-refractivity contribution in [1.82, 2.24) is 19.8 Å². The summed E-state index contributed by atoms with van der Waals surface area (Å²) in [6.45, 7) is 8.34. The minimum Gasteiger partial charge on any atom is -0.481 e. The molecule has 2 fully saturated rings. The van der Waals surface area contributed by atoms with E-state index in [9.17, 15) is 4.79 Å². The number of aryl methyl sites for hydroxylation is 1. The van der Waals surface area contributed by atoms with Crippen LogP contribution >= 0.6 is 0 Å². The van der Waals surface area contributed by atoms with Crippen molar-refractivity contribution in [3.8, 4) is 0 Å². The number of piperidine rings is 1. The number of hydrogen-bond acceptors (Lipinski definition) is 6. The molecule has 2 saturated heterocycles. The summed E-state index contributed by atoms with van der Waals surface area (Å²) in [6.07, 6.45) is 6.76. The summed E-state index contributed by atoms with van der Waals surface area (Å²) in [4.78, 5) is 24.8. The Bertz CT molecular complexity index is 575. The molecule has 2 aliphatic rings. The Morgan fingerprint density at radius 3 is 2.65 bits per heavy atom. The third-order valence-electron chi connectivity index (χ3n) is 5.50. The molecule has 1 aromatic rings. The molecule has 1 aromatic heterocycles. The molecule has 7 nitrogen and oxygen atoms in total. The van der Waals surface area contributed by atoms with E-state index in [0.29, 0.717) is 12.0 Å². The maximum atomic E-state index is 11.1. The first kappa shape index (κ1) is 19.2. The summed E-state index contributed by atoms with van der Waals surface area (Å²) >= 11 is 0. The molecule has 0 radical (unpaired) electrons. The lowest BCUT2D eigenvalue weighted by Gasteiger charge is -2.45. The largest absolute Gasteiger partial charge is 0.481 e. The van der Waals surface area contributed by atoms with Gasteiger partial charge in [-0.25, -0.2) is 9.97 Å². The van der Waals surface area contributed by atoms with E-state index in [1.54, 1.807) is 0 Å². The Morgan fingerprint density at radius 1 is 1.27 bits per heavy atom. The SMILES string of the molecule is CCc1ncc(CN2CCC(N3CCOCC3)C(CCC(=O)O)C2)cn1. The van der Waals surface area contributed by atoms with Crippen LogP contribution in [0, 0.1) is 5.92 Å². The van der Waals surface area contributed by atoms with Crippen LogP contribution in [0.2, 0.25) is 0 Å². The molecule has 3 heterocycles. The first-order chi connectivity index (χ1) is 12.7. The van der Waals surface area contributed by atoms with Gasteiger partial charge in [-0.05, 0) is 25.3 Å². The highest BCUT2D eigenvalue weighted by Gasteiger charge is 2.34. The van der Waals surface area contributed by atoms with Gasteiger partial charge in [0.2, 0.25) is 0 Å². The monoisotopic (exact) mass is 362 g/mol. The fourth-order valence-corrected chi connectivity index (χ4v) is 4.13. The number of hydrogen-bond donors (Lipinski definition) is 1. The van der Waals surface area contributed by atoms with Crippen molar-refractivity contribution in [3.05, 3.63) is 23.8 Å². The van der Waals surface area contributed by atoms with Gasteiger partial charge in [-0.2, -0.15) is 0 Å². The zero-order valence-corrected chi connectivity index (χ0v) is 15.6. The summed E-state index contributed by atoms with van der Waals surface area (Å²) in [5.41, 5.74) is 1.13. The van der Waals surface area contributed by atoms with Gasteiger partial charge in [0.15, 0.2) is 0 Å². The third-order valence-corrected chi connectivity index (χ3v) is 5.50. The quantitative estimate of drug-likeness (QED) is 0.786. The molecular formula is C19H30N4O3. The molecule has 26 heavy (non-hydrogen) atoms. The number of ether oxygens (including phenoxy) is 1. The maximum Gasteiger partial charge on any atom is 0.303 e. The standard InChI is InChI=1S/C19H30N4O3/c1-2-18-20-11-15(12-21-18)13-22-6-5-17(23-7-9-26-10-8-23)16(14-22)3-4-19(24)25/h11-12,16-17H,2-10,13-14H2,1H3,(H,24,25). The summed E-state index contributed by atoms with van der Waals surface area (Å²) in [6, 6.07) is 0.466. The van der Waals surface area contributed by atoms with E-state index in [2.05, 4.69) is 26.7 Å². The zero-order chi connectivity index (χ0) is 18.4. The number of rotatable bonds is 7.